The van der Waals surface area contributed by atoms with Gasteiger partial charge in [-0.05, 0) is 65.3 Å². The maximum Gasteiger partial charge on any atom is 0.409 e. The van der Waals surface area contributed by atoms with E-state index in [1.807, 2.05) is 51.0 Å². The van der Waals surface area contributed by atoms with Crippen molar-refractivity contribution in [3.8, 4) is 0 Å². The Labute approximate surface area is 191 Å². The number of anilines is 1. The summed E-state index contributed by atoms with van der Waals surface area (Å²) in [5, 5.41) is 13.9. The minimum Gasteiger partial charge on any atom is -0.450 e. The van der Waals surface area contributed by atoms with Crippen molar-refractivity contribution in [2.45, 2.75) is 57.7 Å². The van der Waals surface area contributed by atoms with E-state index in [9.17, 15) is 14.7 Å². The van der Waals surface area contributed by atoms with Crippen LogP contribution in [0.15, 0.2) is 18.2 Å². The van der Waals surface area contributed by atoms with Gasteiger partial charge in [0.05, 0.1) is 19.3 Å². The molecular weight excluding hydrogens is 408 g/mol. The molecular formula is C24H38N4O4. The number of amides is 2. The number of nitrogens with one attached hydrogen (secondary N) is 1. The number of benzene rings is 1. The lowest BCUT2D eigenvalue weighted by molar-refractivity contribution is -0.131. The second-order valence-electron chi connectivity index (χ2n) is 9.25. The average Bonchev–Trinajstić information content (AvgIpc) is 2.76. The summed E-state index contributed by atoms with van der Waals surface area (Å²) in [5.41, 5.74) is 2.41. The molecule has 1 aromatic rings. The number of β-amino-alcohol motifs (C(OH)–C–C–N with tert-alkyl or cyclic N) is 1. The molecule has 2 fully saturated rings. The molecule has 0 aliphatic carbocycles. The smallest absolute Gasteiger partial charge is 0.409 e. The van der Waals surface area contributed by atoms with Gasteiger partial charge < -0.3 is 20.1 Å². The third kappa shape index (κ3) is 4.92. The largest absolute Gasteiger partial charge is 0.450 e. The molecule has 2 aliphatic heterocycles. The van der Waals surface area contributed by atoms with Gasteiger partial charge in [0.2, 0.25) is 5.91 Å². The Balaban J connectivity index is 1.65. The molecule has 2 N–H and O–H groups in total. The number of carbonyl (C=O) groups excluding carboxylic acids is 2. The summed E-state index contributed by atoms with van der Waals surface area (Å²) in [6.07, 6.45) is 1.08. The van der Waals surface area contributed by atoms with Crippen LogP contribution < -0.4 is 5.32 Å². The van der Waals surface area contributed by atoms with E-state index < -0.39 is 11.6 Å². The number of hydrogen-bond acceptors (Lipinski definition) is 6. The van der Waals surface area contributed by atoms with Crippen LogP contribution in [0.2, 0.25) is 0 Å². The average molecular weight is 447 g/mol. The number of nitrogens with zero attached hydrogens (tertiary/aromatic N) is 3. The molecule has 0 saturated carbocycles. The van der Waals surface area contributed by atoms with Crippen molar-refractivity contribution in [3.05, 3.63) is 29.3 Å². The zero-order chi connectivity index (χ0) is 23.5. The summed E-state index contributed by atoms with van der Waals surface area (Å²) >= 11 is 0. The van der Waals surface area contributed by atoms with Crippen LogP contribution in [0.25, 0.3) is 0 Å². The maximum absolute atomic E-state index is 13.5. The predicted octanol–water partition coefficient (Wildman–Crippen LogP) is 2.23. The number of rotatable bonds is 5. The van der Waals surface area contributed by atoms with Crippen LogP contribution in [-0.2, 0) is 9.53 Å². The highest BCUT2D eigenvalue weighted by Crippen LogP contribution is 2.32. The standard InChI is InChI=1S/C24H38N4O4/c1-6-32-23(31)28-13-10-19(20(29)16-28)27-14-11-24(12-15-27,26(4)5)22(30)25-21-17(2)8-7-9-18(21)3/h7-9,19-20,29H,6,10-16H2,1-5H3,(H,25,30). The Kier molecular flexibility index (Phi) is 7.79. The van der Waals surface area contributed by atoms with E-state index in [4.69, 9.17) is 4.74 Å². The van der Waals surface area contributed by atoms with Crippen molar-refractivity contribution in [1.82, 2.24) is 14.7 Å². The van der Waals surface area contributed by atoms with Crippen LogP contribution in [0, 0.1) is 13.8 Å². The van der Waals surface area contributed by atoms with Crippen LogP contribution in [0.4, 0.5) is 10.5 Å². The zero-order valence-corrected chi connectivity index (χ0v) is 20.1. The molecule has 0 spiro atoms. The van der Waals surface area contributed by atoms with Crippen LogP contribution in [0.1, 0.15) is 37.3 Å². The van der Waals surface area contributed by atoms with Gasteiger partial charge in [-0.1, -0.05) is 18.2 Å². The highest BCUT2D eigenvalue weighted by Gasteiger charge is 2.46. The number of ether oxygens (including phenoxy) is 1. The predicted molar refractivity (Wildman–Crippen MR) is 125 cm³/mol. The fourth-order valence-electron chi connectivity index (χ4n) is 5.07. The minimum absolute atomic E-state index is 0.0116. The van der Waals surface area contributed by atoms with Gasteiger partial charge in [-0.15, -0.1) is 0 Å². The lowest BCUT2D eigenvalue weighted by Gasteiger charge is -2.49. The topological polar surface area (TPSA) is 85.4 Å². The fourth-order valence-corrected chi connectivity index (χ4v) is 5.07. The number of aliphatic hydroxyl groups is 1. The van der Waals surface area contributed by atoms with E-state index in [0.717, 1.165) is 29.9 Å². The highest BCUT2D eigenvalue weighted by molar-refractivity contribution is 5.99. The van der Waals surface area contributed by atoms with Gasteiger partial charge >= 0.3 is 6.09 Å². The van der Waals surface area contributed by atoms with Crippen molar-refractivity contribution in [1.29, 1.82) is 0 Å². The Morgan fingerprint density at radius 2 is 1.81 bits per heavy atom. The Bertz CT molecular complexity index is 800. The molecule has 178 valence electrons. The molecule has 8 nitrogen and oxygen atoms in total. The SMILES string of the molecule is CCOC(=O)N1CCC(N2CCC(C(=O)Nc3c(C)cccc3C)(N(C)C)CC2)C(O)C1. The second-order valence-corrected chi connectivity index (χ2v) is 9.25. The molecule has 2 atom stereocenters. The first-order valence-electron chi connectivity index (χ1n) is 11.6. The van der Waals surface area contributed by atoms with E-state index in [1.54, 1.807) is 11.8 Å². The van der Waals surface area contributed by atoms with E-state index >= 15 is 0 Å². The maximum atomic E-state index is 13.5. The van der Waals surface area contributed by atoms with E-state index in [-0.39, 0.29) is 24.6 Å². The quantitative estimate of drug-likeness (QED) is 0.722. The molecule has 8 heteroatoms. The summed E-state index contributed by atoms with van der Waals surface area (Å²) in [6, 6.07) is 6.01. The number of carbonyl (C=O) groups is 2. The Morgan fingerprint density at radius 1 is 1.19 bits per heavy atom. The summed E-state index contributed by atoms with van der Waals surface area (Å²) in [7, 11) is 3.93. The lowest BCUT2D eigenvalue weighted by Crippen LogP contribution is -2.63. The first-order valence-corrected chi connectivity index (χ1v) is 11.6. The molecule has 0 radical (unpaired) electrons. The molecule has 2 saturated heterocycles. The van der Waals surface area contributed by atoms with Crippen molar-refractivity contribution >= 4 is 17.7 Å². The summed E-state index contributed by atoms with van der Waals surface area (Å²) in [6.45, 7) is 8.43. The van der Waals surface area contributed by atoms with Gasteiger partial charge in [0.15, 0.2) is 0 Å². The van der Waals surface area contributed by atoms with E-state index in [2.05, 4.69) is 10.2 Å². The third-order valence-corrected chi connectivity index (χ3v) is 7.16. The molecule has 2 heterocycles. The van der Waals surface area contributed by atoms with Crippen molar-refractivity contribution in [2.24, 2.45) is 0 Å². The van der Waals surface area contributed by atoms with Crippen LogP contribution in [0.5, 0.6) is 0 Å². The summed E-state index contributed by atoms with van der Waals surface area (Å²) < 4.78 is 5.07. The highest BCUT2D eigenvalue weighted by atomic mass is 16.6. The number of likely N-dealkylation sites (N-methyl/N-ethyl adjacent to an activating group) is 1. The molecule has 2 unspecified atom stereocenters. The van der Waals surface area contributed by atoms with Gasteiger partial charge in [-0.2, -0.15) is 0 Å². The van der Waals surface area contributed by atoms with E-state index in [0.29, 0.717) is 32.4 Å². The molecule has 1 aromatic carbocycles. The van der Waals surface area contributed by atoms with Crippen molar-refractivity contribution in [2.75, 3.05) is 52.2 Å². The van der Waals surface area contributed by atoms with Crippen molar-refractivity contribution in [3.63, 3.8) is 0 Å². The number of likely N-dealkylation sites (tertiary alicyclic amines) is 2. The first-order chi connectivity index (χ1) is 15.2. The number of aryl methyl sites for hydroxylation is 2. The molecule has 32 heavy (non-hydrogen) atoms. The fraction of sp³-hybridized carbons (Fsp3) is 0.667. The monoisotopic (exact) mass is 446 g/mol. The van der Waals surface area contributed by atoms with Gasteiger partial charge in [0.25, 0.3) is 0 Å². The number of para-hydroxylation sites is 1. The third-order valence-electron chi connectivity index (χ3n) is 7.16. The Hall–Kier alpha value is -2.16. The Morgan fingerprint density at radius 3 is 2.34 bits per heavy atom. The van der Waals surface area contributed by atoms with E-state index in [1.165, 1.54) is 0 Å². The van der Waals surface area contributed by atoms with Gasteiger partial charge in [0.1, 0.15) is 5.54 Å². The summed E-state index contributed by atoms with van der Waals surface area (Å²) in [5.74, 6) is 0.0252. The van der Waals surface area contributed by atoms with Crippen LogP contribution in [0.3, 0.4) is 0 Å². The number of aliphatic hydroxyl groups excluding tert-OH is 1. The number of piperidine rings is 2. The lowest BCUT2D eigenvalue weighted by atomic mass is 9.83. The van der Waals surface area contributed by atoms with Gasteiger partial charge in [-0.3, -0.25) is 14.6 Å². The molecule has 2 amide bonds. The normalized spacial score (nSPS) is 23.8. The van der Waals surface area contributed by atoms with Gasteiger partial charge in [0, 0.05) is 31.4 Å². The summed E-state index contributed by atoms with van der Waals surface area (Å²) in [4.78, 5) is 31.4. The minimum atomic E-state index is -0.622. The molecule has 0 bridgehead atoms. The van der Waals surface area contributed by atoms with Crippen molar-refractivity contribution < 1.29 is 19.4 Å². The molecule has 3 rings (SSSR count). The van der Waals surface area contributed by atoms with Crippen LogP contribution in [-0.4, -0.2) is 96.4 Å². The zero-order valence-electron chi connectivity index (χ0n) is 20.1. The molecule has 2 aliphatic rings. The van der Waals surface area contributed by atoms with Gasteiger partial charge in [-0.25, -0.2) is 4.79 Å². The first kappa shape index (κ1) is 24.5. The van der Waals surface area contributed by atoms with Crippen LogP contribution >= 0.6 is 0 Å². The molecule has 0 aromatic heterocycles. The second kappa shape index (κ2) is 10.2. The number of hydrogen-bond donors (Lipinski definition) is 2.